The highest BCUT2D eigenvalue weighted by Crippen LogP contribution is 2.36. The first-order chi connectivity index (χ1) is 20.1. The molecule has 0 saturated heterocycles. The zero-order valence-corrected chi connectivity index (χ0v) is 25.0. The van der Waals surface area contributed by atoms with Gasteiger partial charge in [0.15, 0.2) is 5.78 Å². The van der Waals surface area contributed by atoms with Crippen LogP contribution in [0, 0.1) is 5.92 Å². The monoisotopic (exact) mass is 599 g/mol. The number of aromatic nitrogens is 1. The minimum absolute atomic E-state index is 0.0289. The zero-order valence-electron chi connectivity index (χ0n) is 25.0. The number of benzene rings is 2. The maximum atomic E-state index is 13.6. The topological polar surface area (TPSA) is 97.8 Å². The predicted molar refractivity (Wildman–Crippen MR) is 158 cm³/mol. The molecule has 0 atom stereocenters. The lowest BCUT2D eigenvalue weighted by atomic mass is 9.99. The first-order valence-electron chi connectivity index (χ1n) is 13.8. The Bertz CT molecular complexity index is 1470. The summed E-state index contributed by atoms with van der Waals surface area (Å²) in [5, 5.41) is 3.03. The number of anilines is 2. The van der Waals surface area contributed by atoms with Gasteiger partial charge in [-0.3, -0.25) is 19.4 Å². The number of hydrogen-bond acceptors (Lipinski definition) is 6. The minimum Gasteiger partial charge on any atom is -0.442 e. The number of Topliss-reactive ketones (excluding diaryl/α,β-unsaturated/α-hetero) is 1. The number of alkyl halides is 3. The molecule has 2 amide bonds. The standard InChI is InChI=1S/C32H36F3N3O5/c1-7-42-38(30(41)43-31(4,5)6)27-12-11-24(32(33,34)35)18-26(27)37-29(40)19-28(39)23-10-8-9-21(16-23)22-13-14-36-25(17-22)15-20(2)3/h8-14,16-18,20H,7,15,19H2,1-6H3,(H,37,40). The van der Waals surface area contributed by atoms with E-state index in [1.807, 2.05) is 18.2 Å². The molecule has 0 fully saturated rings. The summed E-state index contributed by atoms with van der Waals surface area (Å²) in [5.74, 6) is -1.01. The van der Waals surface area contributed by atoms with Crippen LogP contribution in [0.5, 0.6) is 0 Å². The van der Waals surface area contributed by atoms with Gasteiger partial charge >= 0.3 is 12.3 Å². The van der Waals surface area contributed by atoms with Crippen LogP contribution in [-0.4, -0.2) is 35.0 Å². The summed E-state index contributed by atoms with van der Waals surface area (Å²) in [6.45, 7) is 10.6. The molecular weight excluding hydrogens is 563 g/mol. The van der Waals surface area contributed by atoms with Crippen molar-refractivity contribution in [3.63, 3.8) is 0 Å². The van der Waals surface area contributed by atoms with E-state index in [-0.39, 0.29) is 23.5 Å². The van der Waals surface area contributed by atoms with Crippen LogP contribution in [0.1, 0.15) is 69.6 Å². The SMILES string of the molecule is CCON(C(=O)OC(C)(C)C)c1ccc(C(F)(F)F)cc1NC(=O)CC(=O)c1cccc(-c2ccnc(CC(C)C)c2)c1. The fourth-order valence-electron chi connectivity index (χ4n) is 4.14. The number of ketones is 1. The maximum absolute atomic E-state index is 13.6. The Kier molecular flexibility index (Phi) is 10.7. The number of hydrogen-bond donors (Lipinski definition) is 1. The molecule has 0 aliphatic carbocycles. The molecule has 1 aromatic heterocycles. The number of halogens is 3. The summed E-state index contributed by atoms with van der Waals surface area (Å²) in [6.07, 6.45) is -3.90. The molecule has 1 heterocycles. The van der Waals surface area contributed by atoms with E-state index in [1.54, 1.807) is 52.1 Å². The number of pyridine rings is 1. The first-order valence-corrected chi connectivity index (χ1v) is 13.8. The van der Waals surface area contributed by atoms with Crippen molar-refractivity contribution >= 4 is 29.2 Å². The fourth-order valence-corrected chi connectivity index (χ4v) is 4.14. The molecule has 0 spiro atoms. The van der Waals surface area contributed by atoms with Gasteiger partial charge < -0.3 is 10.1 Å². The van der Waals surface area contributed by atoms with Crippen molar-refractivity contribution in [2.45, 2.75) is 66.2 Å². The molecule has 43 heavy (non-hydrogen) atoms. The van der Waals surface area contributed by atoms with Crippen molar-refractivity contribution in [2.75, 3.05) is 17.0 Å². The van der Waals surface area contributed by atoms with Crippen molar-refractivity contribution in [2.24, 2.45) is 5.92 Å². The van der Waals surface area contributed by atoms with Gasteiger partial charge in [0.2, 0.25) is 5.91 Å². The quantitative estimate of drug-likeness (QED) is 0.145. The molecule has 8 nitrogen and oxygen atoms in total. The summed E-state index contributed by atoms with van der Waals surface area (Å²) in [7, 11) is 0. The summed E-state index contributed by atoms with van der Waals surface area (Å²) in [6, 6.07) is 12.9. The Hall–Kier alpha value is -4.25. The summed E-state index contributed by atoms with van der Waals surface area (Å²) >= 11 is 0. The van der Waals surface area contributed by atoms with E-state index in [0.29, 0.717) is 17.0 Å². The highest BCUT2D eigenvalue weighted by Gasteiger charge is 2.33. The second kappa shape index (κ2) is 13.8. The van der Waals surface area contributed by atoms with Crippen LogP contribution >= 0.6 is 0 Å². The van der Waals surface area contributed by atoms with Gasteiger partial charge in [-0.05, 0) is 87.6 Å². The van der Waals surface area contributed by atoms with Crippen LogP contribution in [0.3, 0.4) is 0 Å². The molecule has 1 N–H and O–H groups in total. The van der Waals surface area contributed by atoms with Gasteiger partial charge in [-0.25, -0.2) is 4.79 Å². The largest absolute Gasteiger partial charge is 0.442 e. The molecule has 3 rings (SSSR count). The number of nitrogens with zero attached hydrogens (tertiary/aromatic N) is 2. The van der Waals surface area contributed by atoms with Gasteiger partial charge in [-0.2, -0.15) is 18.2 Å². The van der Waals surface area contributed by atoms with E-state index in [2.05, 4.69) is 24.1 Å². The number of nitrogens with one attached hydrogen (secondary N) is 1. The molecule has 0 bridgehead atoms. The Balaban J connectivity index is 1.87. The van der Waals surface area contributed by atoms with Crippen LogP contribution in [0.4, 0.5) is 29.3 Å². The molecule has 0 aliphatic heterocycles. The Morgan fingerprint density at radius 3 is 2.30 bits per heavy atom. The van der Waals surface area contributed by atoms with Crippen LogP contribution in [-0.2, 0) is 27.0 Å². The van der Waals surface area contributed by atoms with E-state index in [4.69, 9.17) is 9.57 Å². The number of ether oxygens (including phenoxy) is 1. The predicted octanol–water partition coefficient (Wildman–Crippen LogP) is 7.87. The first kappa shape index (κ1) is 33.3. The van der Waals surface area contributed by atoms with Crippen molar-refractivity contribution in [3.8, 4) is 11.1 Å². The number of rotatable bonds is 10. The minimum atomic E-state index is -4.74. The van der Waals surface area contributed by atoms with Crippen molar-refractivity contribution in [1.82, 2.24) is 4.98 Å². The normalized spacial score (nSPS) is 11.8. The Labute approximate surface area is 249 Å². The van der Waals surface area contributed by atoms with Gasteiger partial charge in [0.1, 0.15) is 5.60 Å². The van der Waals surface area contributed by atoms with Crippen LogP contribution < -0.4 is 10.4 Å². The third-order valence-electron chi connectivity index (χ3n) is 5.91. The number of carbonyl (C=O) groups excluding carboxylic acids is 3. The average molecular weight is 600 g/mol. The summed E-state index contributed by atoms with van der Waals surface area (Å²) in [5.41, 5.74) is 0.198. The van der Waals surface area contributed by atoms with E-state index >= 15 is 0 Å². The van der Waals surface area contributed by atoms with Crippen molar-refractivity contribution in [3.05, 3.63) is 77.6 Å². The second-order valence-corrected chi connectivity index (χ2v) is 11.3. The lowest BCUT2D eigenvalue weighted by molar-refractivity contribution is -0.137. The lowest BCUT2D eigenvalue weighted by Gasteiger charge is -2.28. The van der Waals surface area contributed by atoms with Crippen LogP contribution in [0.25, 0.3) is 11.1 Å². The second-order valence-electron chi connectivity index (χ2n) is 11.3. The number of carbonyl (C=O) groups is 3. The van der Waals surface area contributed by atoms with Gasteiger partial charge in [-0.1, -0.05) is 32.0 Å². The van der Waals surface area contributed by atoms with Crippen molar-refractivity contribution < 1.29 is 37.1 Å². The average Bonchev–Trinajstić information content (AvgIpc) is 2.90. The smallest absolute Gasteiger partial charge is 0.439 e. The Morgan fingerprint density at radius 1 is 0.977 bits per heavy atom. The van der Waals surface area contributed by atoms with Gasteiger partial charge in [-0.15, -0.1) is 0 Å². The molecule has 11 heteroatoms. The third kappa shape index (κ3) is 9.64. The molecule has 0 radical (unpaired) electrons. The van der Waals surface area contributed by atoms with Crippen molar-refractivity contribution in [1.29, 1.82) is 0 Å². The number of amides is 2. The zero-order chi connectivity index (χ0) is 31.9. The van der Waals surface area contributed by atoms with E-state index < -0.39 is 41.5 Å². The Morgan fingerprint density at radius 2 is 1.67 bits per heavy atom. The summed E-state index contributed by atoms with van der Waals surface area (Å²) in [4.78, 5) is 48.7. The van der Waals surface area contributed by atoms with E-state index in [0.717, 1.165) is 35.4 Å². The number of hydroxylamine groups is 1. The van der Waals surface area contributed by atoms with E-state index in [1.165, 1.54) is 0 Å². The lowest BCUT2D eigenvalue weighted by Crippen LogP contribution is -2.37. The fraction of sp³-hybridized carbons (Fsp3) is 0.375. The maximum Gasteiger partial charge on any atom is 0.439 e. The third-order valence-corrected chi connectivity index (χ3v) is 5.91. The van der Waals surface area contributed by atoms with E-state index in [9.17, 15) is 27.6 Å². The molecule has 0 unspecified atom stereocenters. The highest BCUT2D eigenvalue weighted by molar-refractivity contribution is 6.12. The summed E-state index contributed by atoms with van der Waals surface area (Å²) < 4.78 is 46.0. The molecule has 2 aromatic carbocycles. The highest BCUT2D eigenvalue weighted by atomic mass is 19.4. The molecule has 230 valence electrons. The van der Waals surface area contributed by atoms with Crippen LogP contribution in [0.2, 0.25) is 0 Å². The van der Waals surface area contributed by atoms with Gasteiger partial charge in [0, 0.05) is 17.5 Å². The molecule has 0 aliphatic rings. The van der Waals surface area contributed by atoms with Gasteiger partial charge in [0.05, 0.1) is 30.0 Å². The van der Waals surface area contributed by atoms with Gasteiger partial charge in [0.25, 0.3) is 0 Å². The molecule has 0 saturated carbocycles. The van der Waals surface area contributed by atoms with Crippen LogP contribution in [0.15, 0.2) is 60.8 Å². The molecular formula is C32H36F3N3O5. The molecule has 3 aromatic rings.